The number of aromatic nitrogens is 1. The Kier molecular flexibility index (Phi) is 6.61. The number of hydrogen-bond donors (Lipinski definition) is 1. The predicted molar refractivity (Wildman–Crippen MR) is 77.4 cm³/mol. The van der Waals surface area contributed by atoms with Crippen molar-refractivity contribution >= 4 is 0 Å². The first-order valence-corrected chi connectivity index (χ1v) is 6.68. The molecule has 18 heavy (non-hydrogen) atoms. The summed E-state index contributed by atoms with van der Waals surface area (Å²) in [6, 6.07) is 6.25. The molecule has 3 nitrogen and oxygen atoms in total. The van der Waals surface area contributed by atoms with Gasteiger partial charge < -0.3 is 5.32 Å². The van der Waals surface area contributed by atoms with E-state index in [2.05, 4.69) is 60.7 Å². The normalized spacial score (nSPS) is 10.9. The zero-order valence-corrected chi connectivity index (χ0v) is 11.9. The van der Waals surface area contributed by atoms with Gasteiger partial charge in [0.25, 0.3) is 0 Å². The van der Waals surface area contributed by atoms with Crippen LogP contribution in [0.5, 0.6) is 0 Å². The van der Waals surface area contributed by atoms with Crippen LogP contribution in [0, 0.1) is 0 Å². The fourth-order valence-electron chi connectivity index (χ4n) is 1.86. The molecule has 0 aliphatic rings. The maximum absolute atomic E-state index is 4.67. The van der Waals surface area contributed by atoms with Gasteiger partial charge in [0.15, 0.2) is 0 Å². The second-order valence-corrected chi connectivity index (χ2v) is 4.66. The molecule has 0 aromatic carbocycles. The maximum Gasteiger partial charge on any atom is 0.0547 e. The first-order chi connectivity index (χ1) is 8.65. The third-order valence-corrected chi connectivity index (χ3v) is 2.75. The molecule has 0 aliphatic carbocycles. The number of pyridine rings is 1. The Morgan fingerprint density at radius 3 is 2.67 bits per heavy atom. The minimum absolute atomic E-state index is 0.844. The van der Waals surface area contributed by atoms with Crippen LogP contribution in [-0.2, 0) is 13.1 Å². The summed E-state index contributed by atoms with van der Waals surface area (Å²) in [6.45, 7) is 15.0. The van der Waals surface area contributed by atoms with Gasteiger partial charge in [0.2, 0.25) is 0 Å². The van der Waals surface area contributed by atoms with E-state index < -0.39 is 0 Å². The van der Waals surface area contributed by atoms with Gasteiger partial charge in [0.1, 0.15) is 0 Å². The van der Waals surface area contributed by atoms with Crippen molar-refractivity contribution in [2.24, 2.45) is 0 Å². The van der Waals surface area contributed by atoms with Gasteiger partial charge in [0.05, 0.1) is 11.4 Å². The van der Waals surface area contributed by atoms with Gasteiger partial charge >= 0.3 is 0 Å². The van der Waals surface area contributed by atoms with E-state index in [0.29, 0.717) is 0 Å². The van der Waals surface area contributed by atoms with Crippen LogP contribution in [0.2, 0.25) is 0 Å². The molecule has 0 atom stereocenters. The lowest BCUT2D eigenvalue weighted by Crippen LogP contribution is -2.25. The van der Waals surface area contributed by atoms with E-state index in [1.54, 1.807) is 0 Å². The van der Waals surface area contributed by atoms with Gasteiger partial charge in [-0.3, -0.25) is 9.88 Å². The molecule has 0 unspecified atom stereocenters. The standard InChI is InChI=1S/C15H25N3/c1-5-16-10-14-8-7-9-15(17-14)12-18(6-2)11-13(3)4/h7-9,16H,3,5-6,10-12H2,1-2,4H3. The summed E-state index contributed by atoms with van der Waals surface area (Å²) in [7, 11) is 0. The van der Waals surface area contributed by atoms with Crippen LogP contribution in [-0.4, -0.2) is 29.5 Å². The molecule has 1 aromatic rings. The summed E-state index contributed by atoms with van der Waals surface area (Å²) in [5.74, 6) is 0. The van der Waals surface area contributed by atoms with Crippen molar-refractivity contribution < 1.29 is 0 Å². The highest BCUT2D eigenvalue weighted by atomic mass is 15.1. The van der Waals surface area contributed by atoms with Gasteiger partial charge in [-0.05, 0) is 32.1 Å². The quantitative estimate of drug-likeness (QED) is 0.716. The average molecular weight is 247 g/mol. The Labute approximate surface area is 111 Å². The van der Waals surface area contributed by atoms with Crippen LogP contribution >= 0.6 is 0 Å². The predicted octanol–water partition coefficient (Wildman–Crippen LogP) is 2.59. The van der Waals surface area contributed by atoms with Gasteiger partial charge in [-0.2, -0.15) is 0 Å². The van der Waals surface area contributed by atoms with E-state index in [-0.39, 0.29) is 0 Å². The highest BCUT2D eigenvalue weighted by molar-refractivity contribution is 5.11. The van der Waals surface area contributed by atoms with Crippen molar-refractivity contribution in [2.75, 3.05) is 19.6 Å². The smallest absolute Gasteiger partial charge is 0.0547 e. The minimum atomic E-state index is 0.844. The molecule has 0 radical (unpaired) electrons. The molecule has 0 aliphatic heterocycles. The second kappa shape index (κ2) is 8.01. The van der Waals surface area contributed by atoms with E-state index in [1.165, 1.54) is 5.57 Å². The van der Waals surface area contributed by atoms with E-state index in [0.717, 1.165) is 44.1 Å². The molecule has 0 saturated carbocycles. The first kappa shape index (κ1) is 14.9. The molecule has 100 valence electrons. The van der Waals surface area contributed by atoms with E-state index in [9.17, 15) is 0 Å². The molecule has 0 spiro atoms. The third-order valence-electron chi connectivity index (χ3n) is 2.75. The molecule has 0 fully saturated rings. The molecule has 0 saturated heterocycles. The van der Waals surface area contributed by atoms with Gasteiger partial charge in [-0.1, -0.05) is 32.1 Å². The summed E-state index contributed by atoms with van der Waals surface area (Å²) >= 11 is 0. The van der Waals surface area contributed by atoms with E-state index in [1.807, 2.05) is 0 Å². The van der Waals surface area contributed by atoms with Crippen molar-refractivity contribution in [1.29, 1.82) is 0 Å². The topological polar surface area (TPSA) is 28.2 Å². The largest absolute Gasteiger partial charge is 0.311 e. The van der Waals surface area contributed by atoms with E-state index >= 15 is 0 Å². The molecule has 0 bridgehead atoms. The second-order valence-electron chi connectivity index (χ2n) is 4.66. The Balaban J connectivity index is 2.62. The van der Waals surface area contributed by atoms with Crippen molar-refractivity contribution in [3.05, 3.63) is 41.7 Å². The van der Waals surface area contributed by atoms with Crippen molar-refractivity contribution in [1.82, 2.24) is 15.2 Å². The molecule has 1 aromatic heterocycles. The van der Waals surface area contributed by atoms with Crippen molar-refractivity contribution in [3.8, 4) is 0 Å². The van der Waals surface area contributed by atoms with Crippen LogP contribution in [0.4, 0.5) is 0 Å². The van der Waals surface area contributed by atoms with Crippen molar-refractivity contribution in [3.63, 3.8) is 0 Å². The zero-order valence-electron chi connectivity index (χ0n) is 11.9. The summed E-state index contributed by atoms with van der Waals surface area (Å²) in [5, 5.41) is 3.30. The number of hydrogen-bond acceptors (Lipinski definition) is 3. The lowest BCUT2D eigenvalue weighted by molar-refractivity contribution is 0.300. The fourth-order valence-corrected chi connectivity index (χ4v) is 1.86. The van der Waals surface area contributed by atoms with Gasteiger partial charge in [-0.25, -0.2) is 0 Å². The van der Waals surface area contributed by atoms with Crippen molar-refractivity contribution in [2.45, 2.75) is 33.9 Å². The molecule has 1 N–H and O–H groups in total. The summed E-state index contributed by atoms with van der Waals surface area (Å²) in [6.07, 6.45) is 0. The van der Waals surface area contributed by atoms with Crippen LogP contribution in [0.25, 0.3) is 0 Å². The highest BCUT2D eigenvalue weighted by Gasteiger charge is 2.05. The van der Waals surface area contributed by atoms with Crippen LogP contribution < -0.4 is 5.32 Å². The summed E-state index contributed by atoms with van der Waals surface area (Å²) < 4.78 is 0. The van der Waals surface area contributed by atoms with E-state index in [4.69, 9.17) is 0 Å². The number of nitrogens with one attached hydrogen (secondary N) is 1. The minimum Gasteiger partial charge on any atom is -0.311 e. The number of likely N-dealkylation sites (N-methyl/N-ethyl adjacent to an activating group) is 1. The Hall–Kier alpha value is -1.19. The summed E-state index contributed by atoms with van der Waals surface area (Å²) in [4.78, 5) is 7.02. The van der Waals surface area contributed by atoms with Crippen LogP contribution in [0.15, 0.2) is 30.4 Å². The molecular weight excluding hydrogens is 222 g/mol. The Morgan fingerprint density at radius 2 is 2.06 bits per heavy atom. The number of rotatable bonds is 8. The first-order valence-electron chi connectivity index (χ1n) is 6.68. The summed E-state index contributed by atoms with van der Waals surface area (Å²) in [5.41, 5.74) is 3.44. The molecule has 0 amide bonds. The highest BCUT2D eigenvalue weighted by Crippen LogP contribution is 2.05. The van der Waals surface area contributed by atoms with Gasteiger partial charge in [-0.15, -0.1) is 0 Å². The SMILES string of the molecule is C=C(C)CN(CC)Cc1cccc(CNCC)n1. The third kappa shape index (κ3) is 5.43. The molecule has 1 heterocycles. The zero-order chi connectivity index (χ0) is 13.4. The average Bonchev–Trinajstić information content (AvgIpc) is 2.35. The van der Waals surface area contributed by atoms with Gasteiger partial charge in [0, 0.05) is 19.6 Å². The Morgan fingerprint density at radius 1 is 1.33 bits per heavy atom. The van der Waals surface area contributed by atoms with Crippen LogP contribution in [0.3, 0.4) is 0 Å². The molecule has 3 heteroatoms. The monoisotopic (exact) mass is 247 g/mol. The Bertz CT molecular complexity index is 374. The lowest BCUT2D eigenvalue weighted by Gasteiger charge is -2.20. The fraction of sp³-hybridized carbons (Fsp3) is 0.533. The lowest BCUT2D eigenvalue weighted by atomic mass is 10.2. The maximum atomic E-state index is 4.67. The molecular formula is C15H25N3. The number of nitrogens with zero attached hydrogens (tertiary/aromatic N) is 2. The van der Waals surface area contributed by atoms with Crippen LogP contribution in [0.1, 0.15) is 32.2 Å². The molecule has 1 rings (SSSR count).